The summed E-state index contributed by atoms with van der Waals surface area (Å²) in [5.41, 5.74) is 1.14. The van der Waals surface area contributed by atoms with E-state index in [1.807, 2.05) is 31.0 Å². The third-order valence-corrected chi connectivity index (χ3v) is 4.30. The van der Waals surface area contributed by atoms with Crippen LogP contribution in [0.2, 0.25) is 0 Å². The molecule has 0 radical (unpaired) electrons. The fourth-order valence-corrected chi connectivity index (χ4v) is 2.87. The van der Waals surface area contributed by atoms with Gasteiger partial charge in [0.2, 0.25) is 5.89 Å². The van der Waals surface area contributed by atoms with Crippen LogP contribution in [0.5, 0.6) is 0 Å². The molecule has 23 heavy (non-hydrogen) atoms. The zero-order chi connectivity index (χ0) is 16.4. The van der Waals surface area contributed by atoms with Crippen LogP contribution in [0.15, 0.2) is 16.9 Å². The van der Waals surface area contributed by atoms with Gasteiger partial charge in [-0.3, -0.25) is 4.68 Å². The van der Waals surface area contributed by atoms with Gasteiger partial charge in [-0.2, -0.15) is 10.1 Å². The van der Waals surface area contributed by atoms with Gasteiger partial charge >= 0.3 is 0 Å². The van der Waals surface area contributed by atoms with Crippen molar-refractivity contribution < 1.29 is 9.26 Å². The number of aromatic nitrogens is 4. The van der Waals surface area contributed by atoms with E-state index in [0.717, 1.165) is 31.0 Å². The van der Waals surface area contributed by atoms with Gasteiger partial charge in [-0.05, 0) is 13.3 Å². The first-order valence-corrected chi connectivity index (χ1v) is 8.21. The third-order valence-electron chi connectivity index (χ3n) is 4.30. The Hall–Kier alpha value is -1.73. The second kappa shape index (κ2) is 6.80. The summed E-state index contributed by atoms with van der Waals surface area (Å²) in [6.45, 7) is 7.80. The fourth-order valence-electron chi connectivity index (χ4n) is 2.87. The smallest absolute Gasteiger partial charge is 0.243 e. The predicted octanol–water partition coefficient (Wildman–Crippen LogP) is 2.35. The van der Waals surface area contributed by atoms with Crippen LogP contribution in [0, 0.1) is 5.92 Å². The number of nitrogens with one attached hydrogen (secondary N) is 1. The summed E-state index contributed by atoms with van der Waals surface area (Å²) < 4.78 is 13.1. The summed E-state index contributed by atoms with van der Waals surface area (Å²) in [6, 6.07) is 0.0325. The summed E-state index contributed by atoms with van der Waals surface area (Å²) >= 11 is 0. The molecule has 2 aromatic heterocycles. The van der Waals surface area contributed by atoms with Crippen LogP contribution < -0.4 is 5.32 Å². The van der Waals surface area contributed by atoms with E-state index < -0.39 is 0 Å². The molecule has 2 aromatic rings. The van der Waals surface area contributed by atoms with Crippen LogP contribution in [-0.4, -0.2) is 33.1 Å². The number of hydrogen-bond acceptors (Lipinski definition) is 6. The molecule has 126 valence electrons. The highest BCUT2D eigenvalue weighted by molar-refractivity contribution is 5.11. The van der Waals surface area contributed by atoms with E-state index in [4.69, 9.17) is 9.26 Å². The minimum atomic E-state index is 0.0325. The van der Waals surface area contributed by atoms with E-state index in [-0.39, 0.29) is 18.1 Å². The van der Waals surface area contributed by atoms with Crippen molar-refractivity contribution in [3.8, 4) is 0 Å². The lowest BCUT2D eigenvalue weighted by Crippen LogP contribution is -2.27. The monoisotopic (exact) mass is 319 g/mol. The normalized spacial score (nSPS) is 22.8. The minimum absolute atomic E-state index is 0.0325. The zero-order valence-electron chi connectivity index (χ0n) is 14.2. The molecule has 7 heteroatoms. The molecule has 7 nitrogen and oxygen atoms in total. The number of hydrogen-bond donors (Lipinski definition) is 1. The fraction of sp³-hybridized carbons (Fsp3) is 0.688. The molecule has 1 aliphatic heterocycles. The summed E-state index contributed by atoms with van der Waals surface area (Å²) in [6.07, 6.45) is 5.07. The van der Waals surface area contributed by atoms with Gasteiger partial charge in [0.25, 0.3) is 0 Å². The van der Waals surface area contributed by atoms with Gasteiger partial charge in [0.15, 0.2) is 5.82 Å². The number of aryl methyl sites for hydroxylation is 1. The van der Waals surface area contributed by atoms with E-state index in [0.29, 0.717) is 11.8 Å². The Morgan fingerprint density at radius 1 is 1.39 bits per heavy atom. The second-order valence-corrected chi connectivity index (χ2v) is 6.56. The highest BCUT2D eigenvalue weighted by Crippen LogP contribution is 2.34. The molecule has 0 bridgehead atoms. The van der Waals surface area contributed by atoms with E-state index in [2.05, 4.69) is 34.4 Å². The molecule has 3 heterocycles. The highest BCUT2D eigenvalue weighted by atomic mass is 16.5. The molecule has 1 fully saturated rings. The Kier molecular flexibility index (Phi) is 4.77. The van der Waals surface area contributed by atoms with Gasteiger partial charge < -0.3 is 14.6 Å². The van der Waals surface area contributed by atoms with Gasteiger partial charge in [-0.15, -0.1) is 0 Å². The molecule has 0 spiro atoms. The summed E-state index contributed by atoms with van der Waals surface area (Å²) in [5.74, 6) is 2.10. The Labute approximate surface area is 136 Å². The summed E-state index contributed by atoms with van der Waals surface area (Å²) in [5, 5.41) is 11.8. The first-order chi connectivity index (χ1) is 11.0. The molecule has 1 N–H and O–H groups in total. The number of ether oxygens (including phenoxy) is 1. The quantitative estimate of drug-likeness (QED) is 0.880. The van der Waals surface area contributed by atoms with Crippen LogP contribution >= 0.6 is 0 Å². The standard InChI is InChI=1S/C16H25N5O2/c1-10(2)15-19-16(23-20-15)11(3)17-7-12-5-6-22-14(12)13-8-18-21(4)9-13/h8-12,14,17H,5-7H2,1-4H3/t11-,12+,14+/m0/s1. The molecule has 0 aromatic carbocycles. The summed E-state index contributed by atoms with van der Waals surface area (Å²) in [7, 11) is 1.93. The lowest BCUT2D eigenvalue weighted by atomic mass is 9.97. The lowest BCUT2D eigenvalue weighted by Gasteiger charge is -2.19. The molecular formula is C16H25N5O2. The molecule has 0 saturated carbocycles. The molecule has 1 saturated heterocycles. The van der Waals surface area contributed by atoms with Crippen LogP contribution in [0.4, 0.5) is 0 Å². The Morgan fingerprint density at radius 3 is 2.87 bits per heavy atom. The molecular weight excluding hydrogens is 294 g/mol. The van der Waals surface area contributed by atoms with Crippen molar-refractivity contribution in [1.82, 2.24) is 25.2 Å². The van der Waals surface area contributed by atoms with Crippen molar-refractivity contribution in [3.63, 3.8) is 0 Å². The maximum absolute atomic E-state index is 5.89. The van der Waals surface area contributed by atoms with Crippen molar-refractivity contribution in [2.75, 3.05) is 13.2 Å². The van der Waals surface area contributed by atoms with E-state index in [1.165, 1.54) is 0 Å². The van der Waals surface area contributed by atoms with E-state index in [1.54, 1.807) is 0 Å². The van der Waals surface area contributed by atoms with Gasteiger partial charge in [0.05, 0.1) is 18.3 Å². The summed E-state index contributed by atoms with van der Waals surface area (Å²) in [4.78, 5) is 4.45. The van der Waals surface area contributed by atoms with E-state index in [9.17, 15) is 0 Å². The van der Waals surface area contributed by atoms with Gasteiger partial charge in [-0.1, -0.05) is 19.0 Å². The average Bonchev–Trinajstić information content (AvgIpc) is 3.24. The maximum atomic E-state index is 5.89. The van der Waals surface area contributed by atoms with Gasteiger partial charge in [0, 0.05) is 43.8 Å². The largest absolute Gasteiger partial charge is 0.373 e. The van der Waals surface area contributed by atoms with Gasteiger partial charge in [-0.25, -0.2) is 0 Å². The van der Waals surface area contributed by atoms with Crippen molar-refractivity contribution in [1.29, 1.82) is 0 Å². The number of nitrogens with zero attached hydrogens (tertiary/aromatic N) is 4. The average molecular weight is 319 g/mol. The molecule has 3 atom stereocenters. The molecule has 0 unspecified atom stereocenters. The molecule has 1 aliphatic rings. The Morgan fingerprint density at radius 2 is 2.22 bits per heavy atom. The van der Waals surface area contributed by atoms with Crippen LogP contribution in [0.3, 0.4) is 0 Å². The Balaban J connectivity index is 1.58. The minimum Gasteiger partial charge on any atom is -0.373 e. The third kappa shape index (κ3) is 3.61. The number of rotatable bonds is 6. The van der Waals surface area contributed by atoms with Crippen molar-refractivity contribution in [3.05, 3.63) is 29.7 Å². The van der Waals surface area contributed by atoms with Crippen LogP contribution in [0.25, 0.3) is 0 Å². The maximum Gasteiger partial charge on any atom is 0.243 e. The van der Waals surface area contributed by atoms with Crippen molar-refractivity contribution in [2.24, 2.45) is 13.0 Å². The topological polar surface area (TPSA) is 78.0 Å². The highest BCUT2D eigenvalue weighted by Gasteiger charge is 2.31. The second-order valence-electron chi connectivity index (χ2n) is 6.56. The van der Waals surface area contributed by atoms with Crippen LogP contribution in [-0.2, 0) is 11.8 Å². The molecule has 0 amide bonds. The van der Waals surface area contributed by atoms with Gasteiger partial charge in [0.1, 0.15) is 0 Å². The SMILES string of the molecule is CC(C)c1noc([C@H](C)NC[C@H]2CCO[C@H]2c2cnn(C)c2)n1. The van der Waals surface area contributed by atoms with Crippen molar-refractivity contribution >= 4 is 0 Å². The Bertz CT molecular complexity index is 636. The van der Waals surface area contributed by atoms with Crippen molar-refractivity contribution in [2.45, 2.75) is 45.3 Å². The molecule has 0 aliphatic carbocycles. The van der Waals surface area contributed by atoms with E-state index >= 15 is 0 Å². The first kappa shape index (κ1) is 16.1. The molecule has 3 rings (SSSR count). The predicted molar refractivity (Wildman–Crippen MR) is 84.8 cm³/mol. The zero-order valence-corrected chi connectivity index (χ0v) is 14.2. The van der Waals surface area contributed by atoms with Crippen LogP contribution in [0.1, 0.15) is 62.5 Å². The first-order valence-electron chi connectivity index (χ1n) is 8.21. The lowest BCUT2D eigenvalue weighted by molar-refractivity contribution is 0.0895.